The van der Waals surface area contributed by atoms with E-state index in [2.05, 4.69) is 57.5 Å². The lowest BCUT2D eigenvalue weighted by molar-refractivity contribution is -0.143. The van der Waals surface area contributed by atoms with Crippen molar-refractivity contribution >= 4 is 34.4 Å². The zero-order valence-corrected chi connectivity index (χ0v) is 28.4. The summed E-state index contributed by atoms with van der Waals surface area (Å²) in [6, 6.07) is 14.7. The standard InChI is InChI=1S/C37H50N8O3/c1-26(28-7-8-34-29(23-28)25-38-40-34)32(36(47)44-16-10-30(11-17-44)42-21-19-41(2)20-22-42)24-35(46)43-14-12-31(13-15-43)45-18-9-27-5-3-4-6-33(27)39-37(45)48/h3-8,23,25-26,30-32H,9-22,24H2,1-2H3,(H,38,40)(H,39,48). The van der Waals surface area contributed by atoms with Crippen LogP contribution in [0.15, 0.2) is 48.7 Å². The minimum Gasteiger partial charge on any atom is -0.343 e. The van der Waals surface area contributed by atoms with Crippen molar-refractivity contribution in [3.05, 3.63) is 59.8 Å². The predicted molar refractivity (Wildman–Crippen MR) is 187 cm³/mol. The average Bonchev–Trinajstić information content (AvgIpc) is 3.52. The van der Waals surface area contributed by atoms with Gasteiger partial charge in [-0.15, -0.1) is 0 Å². The van der Waals surface area contributed by atoms with Crippen molar-refractivity contribution in [2.75, 3.05) is 71.3 Å². The Morgan fingerprint density at radius 3 is 2.35 bits per heavy atom. The lowest BCUT2D eigenvalue weighted by Gasteiger charge is -2.43. The number of nitrogens with zero attached hydrogens (tertiary/aromatic N) is 6. The van der Waals surface area contributed by atoms with Gasteiger partial charge in [0.15, 0.2) is 0 Å². The number of aromatic amines is 1. The van der Waals surface area contributed by atoms with Gasteiger partial charge in [0.2, 0.25) is 11.8 Å². The highest BCUT2D eigenvalue weighted by Gasteiger charge is 2.38. The van der Waals surface area contributed by atoms with E-state index in [1.54, 1.807) is 0 Å². The minimum atomic E-state index is -0.449. The number of urea groups is 1. The summed E-state index contributed by atoms with van der Waals surface area (Å²) in [6.07, 6.45) is 6.24. The maximum absolute atomic E-state index is 14.4. The highest BCUT2D eigenvalue weighted by Crippen LogP contribution is 2.33. The molecule has 3 fully saturated rings. The first kappa shape index (κ1) is 32.6. The lowest BCUT2D eigenvalue weighted by Crippen LogP contribution is -2.54. The summed E-state index contributed by atoms with van der Waals surface area (Å²) < 4.78 is 0. The van der Waals surface area contributed by atoms with Gasteiger partial charge in [0.05, 0.1) is 17.6 Å². The minimum absolute atomic E-state index is 0.0306. The number of nitrogens with one attached hydrogen (secondary N) is 2. The smallest absolute Gasteiger partial charge is 0.322 e. The zero-order valence-electron chi connectivity index (χ0n) is 28.4. The number of H-pyrrole nitrogens is 1. The van der Waals surface area contributed by atoms with E-state index in [0.717, 1.165) is 99.1 Å². The molecule has 0 aliphatic carbocycles. The van der Waals surface area contributed by atoms with Crippen molar-refractivity contribution < 1.29 is 14.4 Å². The molecule has 2 atom stereocenters. The molecule has 11 heteroatoms. The highest BCUT2D eigenvalue weighted by molar-refractivity contribution is 5.91. The first-order chi connectivity index (χ1) is 23.3. The largest absolute Gasteiger partial charge is 0.343 e. The fraction of sp³-hybridized carbons (Fsp3) is 0.568. The number of likely N-dealkylation sites (tertiary alicyclic amines) is 2. The number of rotatable bonds is 7. The fourth-order valence-corrected chi connectivity index (χ4v) is 8.31. The number of fused-ring (bicyclic) bond motifs is 2. The molecule has 7 rings (SSSR count). The molecule has 0 spiro atoms. The van der Waals surface area contributed by atoms with Gasteiger partial charge in [0.1, 0.15) is 0 Å². The second-order valence-electron chi connectivity index (χ2n) is 14.4. The Morgan fingerprint density at radius 2 is 1.58 bits per heavy atom. The number of anilines is 1. The quantitative estimate of drug-likeness (QED) is 0.399. The van der Waals surface area contributed by atoms with Crippen LogP contribution in [-0.2, 0) is 16.0 Å². The molecule has 4 amide bonds. The molecule has 0 radical (unpaired) electrons. The van der Waals surface area contributed by atoms with Crippen LogP contribution in [0.2, 0.25) is 0 Å². The fourth-order valence-electron chi connectivity index (χ4n) is 8.31. The van der Waals surface area contributed by atoms with Crippen molar-refractivity contribution in [2.24, 2.45) is 5.92 Å². The summed E-state index contributed by atoms with van der Waals surface area (Å²) in [7, 11) is 2.18. The molecule has 11 nitrogen and oxygen atoms in total. The molecule has 2 unspecified atom stereocenters. The summed E-state index contributed by atoms with van der Waals surface area (Å²) >= 11 is 0. The molecular weight excluding hydrogens is 604 g/mol. The van der Waals surface area contributed by atoms with Crippen LogP contribution >= 0.6 is 0 Å². The third kappa shape index (κ3) is 6.94. The van der Waals surface area contributed by atoms with Gasteiger partial charge in [-0.2, -0.15) is 5.10 Å². The van der Waals surface area contributed by atoms with E-state index < -0.39 is 5.92 Å². The maximum atomic E-state index is 14.4. The van der Waals surface area contributed by atoms with Crippen LogP contribution in [0.4, 0.5) is 10.5 Å². The van der Waals surface area contributed by atoms with E-state index in [9.17, 15) is 14.4 Å². The SMILES string of the molecule is CC(c1ccc2[nH]ncc2c1)C(CC(=O)N1CCC(N2CCc3ccccc3NC2=O)CC1)C(=O)N1CCC(N2CCN(C)CC2)CC1. The average molecular weight is 655 g/mol. The lowest BCUT2D eigenvalue weighted by atomic mass is 9.83. The normalized spacial score (nSPS) is 21.9. The number of likely N-dealkylation sites (N-methyl/N-ethyl adjacent to an activating group) is 1. The number of piperazine rings is 1. The number of benzene rings is 2. The van der Waals surface area contributed by atoms with Crippen molar-refractivity contribution in [3.63, 3.8) is 0 Å². The molecule has 0 saturated carbocycles. The predicted octanol–water partition coefficient (Wildman–Crippen LogP) is 3.99. The summed E-state index contributed by atoms with van der Waals surface area (Å²) in [4.78, 5) is 52.4. The van der Waals surface area contributed by atoms with Crippen LogP contribution in [0, 0.1) is 5.92 Å². The van der Waals surface area contributed by atoms with Crippen molar-refractivity contribution in [1.29, 1.82) is 0 Å². The number of para-hydroxylation sites is 1. The number of piperidine rings is 2. The molecule has 5 heterocycles. The third-order valence-electron chi connectivity index (χ3n) is 11.5. The maximum Gasteiger partial charge on any atom is 0.322 e. The Labute approximate surface area is 283 Å². The molecular formula is C37H50N8O3. The van der Waals surface area contributed by atoms with E-state index in [4.69, 9.17) is 0 Å². The van der Waals surface area contributed by atoms with Gasteiger partial charge in [-0.25, -0.2) is 4.79 Å². The Hall–Kier alpha value is -3.96. The van der Waals surface area contributed by atoms with Gasteiger partial charge < -0.3 is 24.9 Å². The van der Waals surface area contributed by atoms with Crippen LogP contribution in [0.1, 0.15) is 56.1 Å². The number of hydrogen-bond donors (Lipinski definition) is 2. The number of amides is 4. The van der Waals surface area contributed by atoms with Crippen LogP contribution < -0.4 is 5.32 Å². The molecule has 3 saturated heterocycles. The van der Waals surface area contributed by atoms with Crippen LogP contribution in [0.25, 0.3) is 10.9 Å². The summed E-state index contributed by atoms with van der Waals surface area (Å²) in [5.74, 6) is -0.454. The molecule has 2 aromatic carbocycles. The Bertz CT molecular complexity index is 1600. The topological polar surface area (TPSA) is 108 Å². The van der Waals surface area contributed by atoms with E-state index in [0.29, 0.717) is 25.7 Å². The molecule has 48 heavy (non-hydrogen) atoms. The van der Waals surface area contributed by atoms with Gasteiger partial charge in [-0.1, -0.05) is 31.2 Å². The Morgan fingerprint density at radius 1 is 0.875 bits per heavy atom. The van der Waals surface area contributed by atoms with Gasteiger partial charge in [0, 0.05) is 88.5 Å². The van der Waals surface area contributed by atoms with E-state index >= 15 is 0 Å². The number of aromatic nitrogens is 2. The van der Waals surface area contributed by atoms with Crippen LogP contribution in [-0.4, -0.2) is 131 Å². The van der Waals surface area contributed by atoms with Crippen molar-refractivity contribution in [3.8, 4) is 0 Å². The van der Waals surface area contributed by atoms with Crippen molar-refractivity contribution in [1.82, 2.24) is 34.7 Å². The van der Waals surface area contributed by atoms with Gasteiger partial charge in [-0.05, 0) is 74.4 Å². The molecule has 3 aromatic rings. The van der Waals surface area contributed by atoms with Gasteiger partial charge in [0.25, 0.3) is 0 Å². The first-order valence-corrected chi connectivity index (χ1v) is 17.9. The number of hydrogen-bond acceptors (Lipinski definition) is 6. The first-order valence-electron chi connectivity index (χ1n) is 17.9. The molecule has 4 aliphatic rings. The Balaban J connectivity index is 1.01. The second kappa shape index (κ2) is 14.3. The molecule has 4 aliphatic heterocycles. The molecule has 0 bridgehead atoms. The summed E-state index contributed by atoms with van der Waals surface area (Å²) in [5, 5.41) is 11.3. The van der Waals surface area contributed by atoms with Crippen LogP contribution in [0.5, 0.6) is 0 Å². The van der Waals surface area contributed by atoms with E-state index in [1.807, 2.05) is 45.2 Å². The molecule has 256 valence electrons. The highest BCUT2D eigenvalue weighted by atomic mass is 16.2. The molecule has 1 aromatic heterocycles. The Kier molecular flexibility index (Phi) is 9.68. The third-order valence-corrected chi connectivity index (χ3v) is 11.5. The monoisotopic (exact) mass is 654 g/mol. The summed E-state index contributed by atoms with van der Waals surface area (Å²) in [6.45, 7) is 9.79. The molecule has 2 N–H and O–H groups in total. The van der Waals surface area contributed by atoms with Crippen molar-refractivity contribution in [2.45, 2.75) is 63.5 Å². The van der Waals surface area contributed by atoms with Gasteiger partial charge >= 0.3 is 6.03 Å². The number of carbonyl (C=O) groups excluding carboxylic acids is 3. The van der Waals surface area contributed by atoms with E-state index in [1.165, 1.54) is 0 Å². The van der Waals surface area contributed by atoms with E-state index in [-0.39, 0.29) is 36.2 Å². The van der Waals surface area contributed by atoms with Gasteiger partial charge in [-0.3, -0.25) is 19.6 Å². The second-order valence-corrected chi connectivity index (χ2v) is 14.4. The number of carbonyl (C=O) groups is 3. The summed E-state index contributed by atoms with van der Waals surface area (Å²) in [5.41, 5.74) is 4.05. The zero-order chi connectivity index (χ0) is 33.2. The van der Waals surface area contributed by atoms with Crippen LogP contribution in [0.3, 0.4) is 0 Å².